The number of aliphatic hydroxyl groups excluding tert-OH is 3. The third-order valence-electron chi connectivity index (χ3n) is 2.82. The molecule has 0 aromatic rings. The molecule has 6 nitrogen and oxygen atoms in total. The fourth-order valence-corrected chi connectivity index (χ4v) is 0.763. The van der Waals surface area contributed by atoms with Gasteiger partial charge in [-0.15, -0.1) is 0 Å². The number of ether oxygens (including phenoxy) is 1. The van der Waals surface area contributed by atoms with Crippen molar-refractivity contribution >= 4 is 5.97 Å². The second-order valence-electron chi connectivity index (χ2n) is 7.48. The molecule has 128 valence electrons. The molecule has 0 saturated carbocycles. The van der Waals surface area contributed by atoms with Gasteiger partial charge in [0.2, 0.25) is 0 Å². The fraction of sp³-hybridized carbons (Fsp3) is 0.933. The van der Waals surface area contributed by atoms with Crippen LogP contribution in [-0.4, -0.2) is 59.4 Å². The van der Waals surface area contributed by atoms with Crippen molar-refractivity contribution in [3.05, 3.63) is 0 Å². The van der Waals surface area contributed by atoms with Crippen LogP contribution in [0.3, 0.4) is 0 Å². The van der Waals surface area contributed by atoms with Crippen molar-refractivity contribution in [2.24, 2.45) is 16.2 Å². The van der Waals surface area contributed by atoms with Gasteiger partial charge in [0.1, 0.15) is 0 Å². The molecule has 0 rings (SSSR count). The Hall–Kier alpha value is -0.690. The van der Waals surface area contributed by atoms with Gasteiger partial charge >= 0.3 is 5.97 Å². The summed E-state index contributed by atoms with van der Waals surface area (Å²) in [7, 11) is 0. The molecular formula is C15H32O6. The molecule has 0 amide bonds. The lowest BCUT2D eigenvalue weighted by Gasteiger charge is -2.26. The highest BCUT2D eigenvalue weighted by atomic mass is 16.5. The van der Waals surface area contributed by atoms with Crippen LogP contribution in [0.2, 0.25) is 0 Å². The lowest BCUT2D eigenvalue weighted by Crippen LogP contribution is -2.29. The molecule has 0 spiro atoms. The monoisotopic (exact) mass is 308 g/mol. The standard InChI is InChI=1S/C10H22O3.C5H10O3/c1-9(2,5-11)7-13-8-10(3,4)6-12;1-5(2,3-6)4(7)8/h11-12H,5-8H2,1-4H3;6H,3H2,1-2H3,(H,7,8). The van der Waals surface area contributed by atoms with E-state index in [1.165, 1.54) is 13.8 Å². The second kappa shape index (κ2) is 9.35. The van der Waals surface area contributed by atoms with E-state index in [9.17, 15) is 4.79 Å². The zero-order chi connectivity index (χ0) is 17.3. The first kappa shape index (κ1) is 22.6. The number of carbonyl (C=O) groups is 1. The normalized spacial score (nSPS) is 12.6. The van der Waals surface area contributed by atoms with Gasteiger partial charge in [0.05, 0.1) is 38.4 Å². The van der Waals surface area contributed by atoms with E-state index < -0.39 is 11.4 Å². The van der Waals surface area contributed by atoms with E-state index in [1.54, 1.807) is 0 Å². The zero-order valence-electron chi connectivity index (χ0n) is 14.1. The summed E-state index contributed by atoms with van der Waals surface area (Å²) in [5, 5.41) is 34.6. The summed E-state index contributed by atoms with van der Waals surface area (Å²) in [6.45, 7) is 11.7. The van der Waals surface area contributed by atoms with Crippen molar-refractivity contribution < 1.29 is 30.0 Å². The van der Waals surface area contributed by atoms with Crippen LogP contribution >= 0.6 is 0 Å². The van der Waals surface area contributed by atoms with Crippen molar-refractivity contribution in [1.29, 1.82) is 0 Å². The quantitative estimate of drug-likeness (QED) is 0.535. The summed E-state index contributed by atoms with van der Waals surface area (Å²) < 4.78 is 5.42. The summed E-state index contributed by atoms with van der Waals surface area (Å²) in [6.07, 6.45) is 0. The minimum atomic E-state index is -0.986. The van der Waals surface area contributed by atoms with Crippen LogP contribution in [0, 0.1) is 16.2 Å². The van der Waals surface area contributed by atoms with Crippen LogP contribution in [0.4, 0.5) is 0 Å². The molecule has 0 radical (unpaired) electrons. The zero-order valence-corrected chi connectivity index (χ0v) is 14.1. The number of aliphatic carboxylic acids is 1. The van der Waals surface area contributed by atoms with Gasteiger partial charge in [-0.05, 0) is 13.8 Å². The smallest absolute Gasteiger partial charge is 0.311 e. The molecule has 0 atom stereocenters. The van der Waals surface area contributed by atoms with E-state index in [-0.39, 0.29) is 30.7 Å². The Balaban J connectivity index is 0. The van der Waals surface area contributed by atoms with E-state index >= 15 is 0 Å². The lowest BCUT2D eigenvalue weighted by atomic mass is 9.94. The van der Waals surface area contributed by atoms with E-state index in [1.807, 2.05) is 27.7 Å². The second-order valence-corrected chi connectivity index (χ2v) is 7.48. The Labute approximate surface area is 127 Å². The predicted octanol–water partition coefficient (Wildman–Crippen LogP) is 1.13. The van der Waals surface area contributed by atoms with Gasteiger partial charge in [-0.1, -0.05) is 27.7 Å². The largest absolute Gasteiger partial charge is 0.481 e. The highest BCUT2D eigenvalue weighted by molar-refractivity contribution is 5.73. The molecule has 0 aromatic carbocycles. The molecule has 4 N–H and O–H groups in total. The van der Waals surface area contributed by atoms with Crippen LogP contribution in [0.5, 0.6) is 0 Å². The molecular weight excluding hydrogens is 276 g/mol. The van der Waals surface area contributed by atoms with Gasteiger partial charge in [0, 0.05) is 10.8 Å². The molecule has 0 heterocycles. The Bertz CT molecular complexity index is 281. The van der Waals surface area contributed by atoms with Crippen LogP contribution in [-0.2, 0) is 9.53 Å². The third-order valence-corrected chi connectivity index (χ3v) is 2.82. The van der Waals surface area contributed by atoms with E-state index in [2.05, 4.69) is 0 Å². The summed E-state index contributed by atoms with van der Waals surface area (Å²) in [5.41, 5.74) is -1.36. The average molecular weight is 308 g/mol. The number of hydrogen-bond donors (Lipinski definition) is 4. The van der Waals surface area contributed by atoms with Crippen LogP contribution < -0.4 is 0 Å². The first-order valence-electron chi connectivity index (χ1n) is 6.97. The topological polar surface area (TPSA) is 107 Å². The molecule has 0 aromatic heterocycles. The van der Waals surface area contributed by atoms with Crippen LogP contribution in [0.1, 0.15) is 41.5 Å². The Morgan fingerprint density at radius 2 is 1.14 bits per heavy atom. The number of aliphatic hydroxyl groups is 3. The fourth-order valence-electron chi connectivity index (χ4n) is 0.763. The minimum absolute atomic E-state index is 0.118. The Kier molecular flexibility index (Phi) is 10.1. The number of carboxylic acids is 1. The molecule has 0 aliphatic carbocycles. The summed E-state index contributed by atoms with van der Waals surface area (Å²) in [6, 6.07) is 0. The molecule has 0 fully saturated rings. The molecule has 0 bridgehead atoms. The van der Waals surface area contributed by atoms with Gasteiger partial charge in [0.25, 0.3) is 0 Å². The van der Waals surface area contributed by atoms with Crippen molar-refractivity contribution in [2.45, 2.75) is 41.5 Å². The maximum atomic E-state index is 10.1. The molecule has 21 heavy (non-hydrogen) atoms. The first-order chi connectivity index (χ1) is 9.33. The van der Waals surface area contributed by atoms with Crippen molar-refractivity contribution in [2.75, 3.05) is 33.0 Å². The van der Waals surface area contributed by atoms with E-state index in [0.29, 0.717) is 13.2 Å². The van der Waals surface area contributed by atoms with Gasteiger partial charge in [-0.2, -0.15) is 0 Å². The molecule has 0 unspecified atom stereocenters. The molecule has 0 aliphatic heterocycles. The van der Waals surface area contributed by atoms with Crippen molar-refractivity contribution in [1.82, 2.24) is 0 Å². The summed E-state index contributed by atoms with van der Waals surface area (Å²) >= 11 is 0. The third kappa shape index (κ3) is 11.6. The summed E-state index contributed by atoms with van der Waals surface area (Å²) in [5.74, 6) is -0.972. The first-order valence-corrected chi connectivity index (χ1v) is 6.97. The average Bonchev–Trinajstić information content (AvgIpc) is 2.39. The molecule has 6 heteroatoms. The number of hydrogen-bond acceptors (Lipinski definition) is 5. The van der Waals surface area contributed by atoms with Gasteiger partial charge in [0.15, 0.2) is 0 Å². The molecule has 0 aliphatic rings. The maximum Gasteiger partial charge on any atom is 0.311 e. The summed E-state index contributed by atoms with van der Waals surface area (Å²) in [4.78, 5) is 10.1. The molecule has 0 saturated heterocycles. The lowest BCUT2D eigenvalue weighted by molar-refractivity contribution is -0.148. The highest BCUT2D eigenvalue weighted by Gasteiger charge is 2.25. The van der Waals surface area contributed by atoms with Crippen molar-refractivity contribution in [3.63, 3.8) is 0 Å². The van der Waals surface area contributed by atoms with Crippen LogP contribution in [0.15, 0.2) is 0 Å². The predicted molar refractivity (Wildman–Crippen MR) is 81.1 cm³/mol. The van der Waals surface area contributed by atoms with Gasteiger partial charge in [-0.3, -0.25) is 4.79 Å². The van der Waals surface area contributed by atoms with Crippen molar-refractivity contribution in [3.8, 4) is 0 Å². The number of carboxylic acid groups (broad SMARTS) is 1. The van der Waals surface area contributed by atoms with Gasteiger partial charge in [-0.25, -0.2) is 0 Å². The Morgan fingerprint density at radius 1 is 0.810 bits per heavy atom. The SMILES string of the molecule is CC(C)(CO)C(=O)O.CC(C)(CO)COCC(C)(C)CO. The maximum absolute atomic E-state index is 10.1. The highest BCUT2D eigenvalue weighted by Crippen LogP contribution is 2.18. The Morgan fingerprint density at radius 3 is 1.29 bits per heavy atom. The van der Waals surface area contributed by atoms with Gasteiger partial charge < -0.3 is 25.2 Å². The van der Waals surface area contributed by atoms with Crippen LogP contribution in [0.25, 0.3) is 0 Å². The van der Waals surface area contributed by atoms with E-state index in [0.717, 1.165) is 0 Å². The number of rotatable bonds is 8. The van der Waals surface area contributed by atoms with E-state index in [4.69, 9.17) is 25.2 Å². The minimum Gasteiger partial charge on any atom is -0.481 e.